The molecule has 2 N–H and O–H groups in total. The molecule has 0 saturated heterocycles. The quantitative estimate of drug-likeness (QED) is 0.831. The summed E-state index contributed by atoms with van der Waals surface area (Å²) >= 11 is 6.04. The van der Waals surface area contributed by atoms with Crippen molar-refractivity contribution in [3.05, 3.63) is 52.5 Å². The van der Waals surface area contributed by atoms with E-state index in [0.717, 1.165) is 5.56 Å². The smallest absolute Gasteiger partial charge is 0.150 e. The Morgan fingerprint density at radius 2 is 1.94 bits per heavy atom. The van der Waals surface area contributed by atoms with Crippen LogP contribution in [0.25, 0.3) is 0 Å². The Morgan fingerprint density at radius 3 is 2.61 bits per heavy atom. The third kappa shape index (κ3) is 2.55. The van der Waals surface area contributed by atoms with Crippen molar-refractivity contribution in [1.82, 2.24) is 0 Å². The third-order valence-electron chi connectivity index (χ3n) is 2.45. The highest BCUT2D eigenvalue weighted by Crippen LogP contribution is 2.33. The number of anilines is 1. The molecule has 2 aromatic rings. The summed E-state index contributed by atoms with van der Waals surface area (Å²) in [6.07, 6.45) is 0. The number of nitriles is 1. The van der Waals surface area contributed by atoms with Gasteiger partial charge in [0.25, 0.3) is 0 Å². The standard InChI is InChI=1S/C14H11ClN2O/c1-9-2-4-11(15)14(6-9)18-13-5-3-10(8-16)7-12(13)17/h2-7H,17H2,1H3. The summed E-state index contributed by atoms with van der Waals surface area (Å²) in [6.45, 7) is 1.95. The van der Waals surface area contributed by atoms with Gasteiger partial charge in [-0.25, -0.2) is 0 Å². The zero-order chi connectivity index (χ0) is 13.1. The van der Waals surface area contributed by atoms with Gasteiger partial charge in [0.1, 0.15) is 11.5 Å². The number of hydrogen-bond donors (Lipinski definition) is 1. The Morgan fingerprint density at radius 1 is 1.17 bits per heavy atom. The highest BCUT2D eigenvalue weighted by Gasteiger charge is 2.07. The molecule has 0 aromatic heterocycles. The molecule has 0 aliphatic heterocycles. The Kier molecular flexibility index (Phi) is 3.40. The topological polar surface area (TPSA) is 59.0 Å². The predicted molar refractivity (Wildman–Crippen MR) is 71.8 cm³/mol. The lowest BCUT2D eigenvalue weighted by molar-refractivity contribution is 0.485. The van der Waals surface area contributed by atoms with Crippen molar-refractivity contribution in [3.8, 4) is 17.6 Å². The van der Waals surface area contributed by atoms with Crippen LogP contribution in [0.3, 0.4) is 0 Å². The number of aryl methyl sites for hydroxylation is 1. The summed E-state index contributed by atoms with van der Waals surface area (Å²) in [6, 6.07) is 12.4. The maximum absolute atomic E-state index is 8.76. The minimum absolute atomic E-state index is 0.409. The van der Waals surface area contributed by atoms with Crippen molar-refractivity contribution in [2.45, 2.75) is 6.92 Å². The van der Waals surface area contributed by atoms with Gasteiger partial charge in [0.05, 0.1) is 22.3 Å². The van der Waals surface area contributed by atoms with E-state index in [1.165, 1.54) is 0 Å². The summed E-state index contributed by atoms with van der Waals surface area (Å²) in [5.74, 6) is 1.04. The van der Waals surface area contributed by atoms with E-state index in [1.807, 2.05) is 25.1 Å². The van der Waals surface area contributed by atoms with Gasteiger partial charge < -0.3 is 10.5 Å². The van der Waals surface area contributed by atoms with E-state index in [2.05, 4.69) is 0 Å². The highest BCUT2D eigenvalue weighted by atomic mass is 35.5. The first-order chi connectivity index (χ1) is 8.60. The molecule has 0 aliphatic carbocycles. The molecule has 0 bridgehead atoms. The molecule has 0 aliphatic rings. The number of hydrogen-bond acceptors (Lipinski definition) is 3. The van der Waals surface area contributed by atoms with Crippen LogP contribution in [0.15, 0.2) is 36.4 Å². The molecular weight excluding hydrogens is 248 g/mol. The van der Waals surface area contributed by atoms with Gasteiger partial charge in [0, 0.05) is 0 Å². The van der Waals surface area contributed by atoms with Crippen molar-refractivity contribution >= 4 is 17.3 Å². The monoisotopic (exact) mass is 258 g/mol. The van der Waals surface area contributed by atoms with Crippen molar-refractivity contribution in [2.75, 3.05) is 5.73 Å². The van der Waals surface area contributed by atoms with Crippen LogP contribution in [-0.2, 0) is 0 Å². The molecule has 0 fully saturated rings. The maximum Gasteiger partial charge on any atom is 0.150 e. The summed E-state index contributed by atoms with van der Waals surface area (Å²) in [7, 11) is 0. The molecule has 0 saturated carbocycles. The van der Waals surface area contributed by atoms with Crippen LogP contribution >= 0.6 is 11.6 Å². The van der Waals surface area contributed by atoms with Crippen LogP contribution < -0.4 is 10.5 Å². The second-order valence-corrected chi connectivity index (χ2v) is 4.31. The van der Waals surface area contributed by atoms with Crippen LogP contribution in [0.5, 0.6) is 11.5 Å². The summed E-state index contributed by atoms with van der Waals surface area (Å²) in [5.41, 5.74) is 7.76. The average molecular weight is 259 g/mol. The molecular formula is C14H11ClN2O. The highest BCUT2D eigenvalue weighted by molar-refractivity contribution is 6.32. The molecule has 0 atom stereocenters. The minimum Gasteiger partial charge on any atom is -0.454 e. The van der Waals surface area contributed by atoms with E-state index in [0.29, 0.717) is 27.8 Å². The third-order valence-corrected chi connectivity index (χ3v) is 2.76. The van der Waals surface area contributed by atoms with E-state index < -0.39 is 0 Å². The normalized spacial score (nSPS) is 9.83. The number of nitrogen functional groups attached to an aromatic ring is 1. The zero-order valence-corrected chi connectivity index (χ0v) is 10.5. The molecule has 18 heavy (non-hydrogen) atoms. The Hall–Kier alpha value is -2.18. The fourth-order valence-corrected chi connectivity index (χ4v) is 1.67. The molecule has 0 unspecified atom stereocenters. The molecule has 0 radical (unpaired) electrons. The second kappa shape index (κ2) is 4.99. The number of halogens is 1. The lowest BCUT2D eigenvalue weighted by Gasteiger charge is -2.10. The average Bonchev–Trinajstić information content (AvgIpc) is 2.36. The first-order valence-electron chi connectivity index (χ1n) is 5.34. The fourth-order valence-electron chi connectivity index (χ4n) is 1.52. The Labute approximate surface area is 110 Å². The van der Waals surface area contributed by atoms with Gasteiger partial charge in [-0.2, -0.15) is 5.26 Å². The van der Waals surface area contributed by atoms with Gasteiger partial charge in [-0.05, 0) is 42.8 Å². The lowest BCUT2D eigenvalue weighted by Crippen LogP contribution is -1.93. The van der Waals surface area contributed by atoms with Gasteiger partial charge in [-0.15, -0.1) is 0 Å². The van der Waals surface area contributed by atoms with Crippen LogP contribution in [0.2, 0.25) is 5.02 Å². The van der Waals surface area contributed by atoms with Crippen molar-refractivity contribution < 1.29 is 4.74 Å². The maximum atomic E-state index is 8.76. The number of nitrogens with two attached hydrogens (primary N) is 1. The molecule has 90 valence electrons. The number of benzene rings is 2. The fraction of sp³-hybridized carbons (Fsp3) is 0.0714. The van der Waals surface area contributed by atoms with E-state index in [-0.39, 0.29) is 0 Å². The van der Waals surface area contributed by atoms with E-state index in [4.69, 9.17) is 27.3 Å². The minimum atomic E-state index is 0.409. The van der Waals surface area contributed by atoms with Gasteiger partial charge in [0.2, 0.25) is 0 Å². The summed E-state index contributed by atoms with van der Waals surface area (Å²) in [5, 5.41) is 9.27. The van der Waals surface area contributed by atoms with Crippen molar-refractivity contribution in [2.24, 2.45) is 0 Å². The van der Waals surface area contributed by atoms with Crippen LogP contribution in [-0.4, -0.2) is 0 Å². The molecule has 2 aromatic carbocycles. The molecule has 2 rings (SSSR count). The number of rotatable bonds is 2. The molecule has 0 amide bonds. The SMILES string of the molecule is Cc1ccc(Cl)c(Oc2ccc(C#N)cc2N)c1. The first kappa shape index (κ1) is 12.3. The summed E-state index contributed by atoms with van der Waals surface area (Å²) < 4.78 is 5.65. The zero-order valence-electron chi connectivity index (χ0n) is 9.77. The Balaban J connectivity index is 2.34. The predicted octanol–water partition coefficient (Wildman–Crippen LogP) is 3.89. The van der Waals surface area contributed by atoms with Crippen molar-refractivity contribution in [1.29, 1.82) is 5.26 Å². The molecule has 0 heterocycles. The van der Waals surface area contributed by atoms with Crippen molar-refractivity contribution in [3.63, 3.8) is 0 Å². The Bertz CT molecular complexity index is 632. The van der Waals surface area contributed by atoms with Gasteiger partial charge in [-0.3, -0.25) is 0 Å². The second-order valence-electron chi connectivity index (χ2n) is 3.90. The van der Waals surface area contributed by atoms with E-state index in [9.17, 15) is 0 Å². The molecule has 0 spiro atoms. The van der Waals surface area contributed by atoms with Gasteiger partial charge in [-0.1, -0.05) is 17.7 Å². The van der Waals surface area contributed by atoms with Gasteiger partial charge >= 0.3 is 0 Å². The summed E-state index contributed by atoms with van der Waals surface area (Å²) in [4.78, 5) is 0. The van der Waals surface area contributed by atoms with Crippen LogP contribution in [0, 0.1) is 18.3 Å². The van der Waals surface area contributed by atoms with E-state index >= 15 is 0 Å². The van der Waals surface area contributed by atoms with E-state index in [1.54, 1.807) is 24.3 Å². The molecule has 3 nitrogen and oxygen atoms in total. The largest absolute Gasteiger partial charge is 0.454 e. The number of ether oxygens (including phenoxy) is 1. The lowest BCUT2D eigenvalue weighted by atomic mass is 10.2. The van der Waals surface area contributed by atoms with Crippen LogP contribution in [0.1, 0.15) is 11.1 Å². The number of nitrogens with zero attached hydrogens (tertiary/aromatic N) is 1. The molecule has 4 heteroatoms. The first-order valence-corrected chi connectivity index (χ1v) is 5.71. The van der Waals surface area contributed by atoms with Gasteiger partial charge in [0.15, 0.2) is 0 Å². The van der Waals surface area contributed by atoms with Crippen LogP contribution in [0.4, 0.5) is 5.69 Å².